The monoisotopic (exact) mass is 360 g/mol. The van der Waals surface area contributed by atoms with Crippen molar-refractivity contribution in [3.05, 3.63) is 30.3 Å². The van der Waals surface area contributed by atoms with Crippen molar-refractivity contribution in [2.45, 2.75) is 32.1 Å². The molecular weight excluding hydrogens is 328 g/mol. The highest BCUT2D eigenvalue weighted by atomic mass is 16.5. The minimum Gasteiger partial charge on any atom is -0.492 e. The van der Waals surface area contributed by atoms with Gasteiger partial charge in [0.1, 0.15) is 12.4 Å². The van der Waals surface area contributed by atoms with Gasteiger partial charge in [0.05, 0.1) is 6.54 Å². The minimum atomic E-state index is 0.200. The van der Waals surface area contributed by atoms with Gasteiger partial charge in [-0.2, -0.15) is 0 Å². The zero-order valence-electron chi connectivity index (χ0n) is 16.0. The third-order valence-electron chi connectivity index (χ3n) is 4.70. The molecule has 6 heteroatoms. The molecule has 0 saturated heterocycles. The van der Waals surface area contributed by atoms with Gasteiger partial charge in [0.2, 0.25) is 5.91 Å². The number of nitrogens with one attached hydrogen (secondary N) is 2. The van der Waals surface area contributed by atoms with Crippen molar-refractivity contribution in [2.24, 2.45) is 10.9 Å². The number of hydrogen-bond donors (Lipinski definition) is 2. The number of guanidine groups is 1. The fraction of sp³-hybridized carbons (Fsp3) is 0.600. The molecule has 0 unspecified atom stereocenters. The van der Waals surface area contributed by atoms with Crippen LogP contribution in [0.15, 0.2) is 35.3 Å². The number of benzene rings is 1. The first-order valence-corrected chi connectivity index (χ1v) is 9.58. The van der Waals surface area contributed by atoms with Crippen molar-refractivity contribution >= 4 is 11.9 Å². The lowest BCUT2D eigenvalue weighted by molar-refractivity contribution is -0.125. The van der Waals surface area contributed by atoms with E-state index in [4.69, 9.17) is 4.74 Å². The molecule has 26 heavy (non-hydrogen) atoms. The van der Waals surface area contributed by atoms with E-state index in [-0.39, 0.29) is 11.8 Å². The van der Waals surface area contributed by atoms with E-state index in [1.807, 2.05) is 42.3 Å². The van der Waals surface area contributed by atoms with Crippen LogP contribution in [0.5, 0.6) is 5.75 Å². The molecular formula is C20H32N4O2. The van der Waals surface area contributed by atoms with E-state index < -0.39 is 0 Å². The Hall–Kier alpha value is -2.24. The van der Waals surface area contributed by atoms with E-state index in [9.17, 15) is 4.79 Å². The molecule has 0 aliphatic heterocycles. The number of carbonyl (C=O) groups excluding carboxylic acids is 1. The first-order valence-electron chi connectivity index (χ1n) is 9.58. The van der Waals surface area contributed by atoms with Crippen LogP contribution in [0.25, 0.3) is 0 Å². The van der Waals surface area contributed by atoms with Gasteiger partial charge in [-0.15, -0.1) is 0 Å². The molecule has 0 spiro atoms. The Balaban J connectivity index is 1.61. The van der Waals surface area contributed by atoms with E-state index >= 15 is 0 Å². The standard InChI is InChI=1S/C20H32N4O2/c1-21-20(24(2)15-16-26-18-11-7-4-8-12-18)23-14-13-22-19(25)17-9-5-3-6-10-17/h4,7-8,11-12,17H,3,5-6,9-10,13-16H2,1-2H3,(H,21,23)(H,22,25). The Morgan fingerprint density at radius 2 is 1.85 bits per heavy atom. The normalized spacial score (nSPS) is 15.4. The third kappa shape index (κ3) is 6.94. The number of ether oxygens (including phenoxy) is 1. The Bertz CT molecular complexity index is 556. The van der Waals surface area contributed by atoms with Crippen molar-refractivity contribution in [1.82, 2.24) is 15.5 Å². The van der Waals surface area contributed by atoms with Crippen LogP contribution in [0.1, 0.15) is 32.1 Å². The molecule has 0 atom stereocenters. The van der Waals surface area contributed by atoms with E-state index in [0.717, 1.165) is 31.1 Å². The molecule has 1 aliphatic carbocycles. The Labute approximate surface area is 157 Å². The molecule has 2 rings (SSSR count). The number of aliphatic imine (C=N–C) groups is 1. The van der Waals surface area contributed by atoms with Crippen LogP contribution >= 0.6 is 0 Å². The summed E-state index contributed by atoms with van der Waals surface area (Å²) >= 11 is 0. The summed E-state index contributed by atoms with van der Waals surface area (Å²) in [5.41, 5.74) is 0. The number of para-hydroxylation sites is 1. The first-order chi connectivity index (χ1) is 12.7. The maximum atomic E-state index is 12.1. The molecule has 144 valence electrons. The first kappa shape index (κ1) is 20.1. The minimum absolute atomic E-state index is 0.200. The highest BCUT2D eigenvalue weighted by Crippen LogP contribution is 2.23. The number of likely N-dealkylation sites (N-methyl/N-ethyl adjacent to an activating group) is 1. The lowest BCUT2D eigenvalue weighted by Gasteiger charge is -2.23. The zero-order chi connectivity index (χ0) is 18.6. The Kier molecular flexibility index (Phi) is 8.79. The molecule has 1 aliphatic rings. The highest BCUT2D eigenvalue weighted by molar-refractivity contribution is 5.80. The lowest BCUT2D eigenvalue weighted by atomic mass is 9.89. The summed E-state index contributed by atoms with van der Waals surface area (Å²) in [7, 11) is 3.74. The van der Waals surface area contributed by atoms with E-state index in [1.54, 1.807) is 7.05 Å². The smallest absolute Gasteiger partial charge is 0.223 e. The van der Waals surface area contributed by atoms with Crippen molar-refractivity contribution in [1.29, 1.82) is 0 Å². The molecule has 0 aromatic heterocycles. The third-order valence-corrected chi connectivity index (χ3v) is 4.70. The fourth-order valence-corrected chi connectivity index (χ4v) is 3.18. The summed E-state index contributed by atoms with van der Waals surface area (Å²) < 4.78 is 5.71. The van der Waals surface area contributed by atoms with Crippen LogP contribution in [0.3, 0.4) is 0 Å². The fourth-order valence-electron chi connectivity index (χ4n) is 3.18. The molecule has 0 radical (unpaired) electrons. The molecule has 1 fully saturated rings. The summed E-state index contributed by atoms with van der Waals surface area (Å²) in [5, 5.41) is 6.32. The van der Waals surface area contributed by atoms with Crippen LogP contribution in [0, 0.1) is 5.92 Å². The summed E-state index contributed by atoms with van der Waals surface area (Å²) in [6, 6.07) is 9.78. The molecule has 1 amide bonds. The van der Waals surface area contributed by atoms with Crippen LogP contribution in [-0.2, 0) is 4.79 Å². The van der Waals surface area contributed by atoms with Gasteiger partial charge in [0, 0.05) is 33.1 Å². The van der Waals surface area contributed by atoms with E-state index in [1.165, 1.54) is 19.3 Å². The number of rotatable bonds is 8. The number of hydrogen-bond acceptors (Lipinski definition) is 3. The molecule has 2 N–H and O–H groups in total. The molecule has 0 heterocycles. The molecule has 1 aromatic carbocycles. The molecule has 6 nitrogen and oxygen atoms in total. The summed E-state index contributed by atoms with van der Waals surface area (Å²) in [5.74, 6) is 2.08. The maximum Gasteiger partial charge on any atom is 0.223 e. The van der Waals surface area contributed by atoms with Gasteiger partial charge in [0.25, 0.3) is 0 Å². The van der Waals surface area contributed by atoms with Gasteiger partial charge in [-0.05, 0) is 25.0 Å². The van der Waals surface area contributed by atoms with Crippen molar-refractivity contribution in [3.63, 3.8) is 0 Å². The van der Waals surface area contributed by atoms with E-state index in [0.29, 0.717) is 19.7 Å². The van der Waals surface area contributed by atoms with Crippen molar-refractivity contribution in [2.75, 3.05) is 40.3 Å². The van der Waals surface area contributed by atoms with Gasteiger partial charge in [0.15, 0.2) is 5.96 Å². The van der Waals surface area contributed by atoms with Crippen molar-refractivity contribution < 1.29 is 9.53 Å². The Morgan fingerprint density at radius 1 is 1.15 bits per heavy atom. The van der Waals surface area contributed by atoms with Crippen LogP contribution in [-0.4, -0.2) is 57.1 Å². The van der Waals surface area contributed by atoms with E-state index in [2.05, 4.69) is 15.6 Å². The van der Waals surface area contributed by atoms with Crippen LogP contribution in [0.4, 0.5) is 0 Å². The number of amides is 1. The highest BCUT2D eigenvalue weighted by Gasteiger charge is 2.20. The number of carbonyl (C=O) groups is 1. The zero-order valence-corrected chi connectivity index (χ0v) is 16.0. The van der Waals surface area contributed by atoms with Gasteiger partial charge in [-0.25, -0.2) is 0 Å². The van der Waals surface area contributed by atoms with Crippen LogP contribution < -0.4 is 15.4 Å². The molecule has 1 saturated carbocycles. The molecule has 1 aromatic rings. The maximum absolute atomic E-state index is 12.1. The van der Waals surface area contributed by atoms with Gasteiger partial charge in [-0.1, -0.05) is 37.5 Å². The average molecular weight is 361 g/mol. The van der Waals surface area contributed by atoms with Gasteiger partial charge in [-0.3, -0.25) is 9.79 Å². The van der Waals surface area contributed by atoms with Gasteiger partial charge < -0.3 is 20.3 Å². The summed E-state index contributed by atoms with van der Waals surface area (Å²) in [4.78, 5) is 18.4. The predicted molar refractivity (Wildman–Crippen MR) is 106 cm³/mol. The molecule has 0 bridgehead atoms. The van der Waals surface area contributed by atoms with Crippen molar-refractivity contribution in [3.8, 4) is 5.75 Å². The van der Waals surface area contributed by atoms with Gasteiger partial charge >= 0.3 is 0 Å². The second-order valence-corrected chi connectivity index (χ2v) is 6.68. The average Bonchev–Trinajstić information content (AvgIpc) is 2.69. The predicted octanol–water partition coefficient (Wildman–Crippen LogP) is 2.27. The number of nitrogens with zero attached hydrogens (tertiary/aromatic N) is 2. The largest absolute Gasteiger partial charge is 0.492 e. The second kappa shape index (κ2) is 11.4. The Morgan fingerprint density at radius 3 is 2.54 bits per heavy atom. The SMILES string of the molecule is CN=C(NCCNC(=O)C1CCCCC1)N(C)CCOc1ccccc1. The topological polar surface area (TPSA) is 66.0 Å². The lowest BCUT2D eigenvalue weighted by Crippen LogP contribution is -2.44. The second-order valence-electron chi connectivity index (χ2n) is 6.68. The quantitative estimate of drug-likeness (QED) is 0.424. The summed E-state index contributed by atoms with van der Waals surface area (Å²) in [6.45, 7) is 2.58. The van der Waals surface area contributed by atoms with Crippen LogP contribution in [0.2, 0.25) is 0 Å². The summed E-state index contributed by atoms with van der Waals surface area (Å²) in [6.07, 6.45) is 5.69.